The van der Waals surface area contributed by atoms with Crippen LogP contribution in [0.4, 0.5) is 0 Å². The number of aliphatic carboxylic acids is 1. The van der Waals surface area contributed by atoms with Gasteiger partial charge in [0.1, 0.15) is 5.41 Å². The van der Waals surface area contributed by atoms with Crippen LogP contribution in [0.25, 0.3) is 0 Å². The Morgan fingerprint density at radius 3 is 2.48 bits per heavy atom. The summed E-state index contributed by atoms with van der Waals surface area (Å²) in [4.78, 5) is 36.1. The van der Waals surface area contributed by atoms with Crippen molar-refractivity contribution in [2.45, 2.75) is 30.5 Å². The maximum absolute atomic E-state index is 13.0. The van der Waals surface area contributed by atoms with Crippen molar-refractivity contribution in [3.05, 3.63) is 35.4 Å². The fraction of sp³-hybridized carbons (Fsp3) is 0.438. The van der Waals surface area contributed by atoms with Gasteiger partial charge in [-0.05, 0) is 19.4 Å². The van der Waals surface area contributed by atoms with Crippen molar-refractivity contribution in [1.29, 1.82) is 0 Å². The lowest BCUT2D eigenvalue weighted by Crippen LogP contribution is -2.75. The van der Waals surface area contributed by atoms with Crippen molar-refractivity contribution >= 4 is 28.1 Å². The van der Waals surface area contributed by atoms with Crippen molar-refractivity contribution in [2.24, 2.45) is 5.41 Å². The first-order chi connectivity index (χ1) is 11.6. The number of hydrogen-bond donors (Lipinski definition) is 2. The van der Waals surface area contributed by atoms with Gasteiger partial charge >= 0.3 is 5.97 Å². The third kappa shape index (κ3) is 2.33. The van der Waals surface area contributed by atoms with Crippen LogP contribution < -0.4 is 5.32 Å². The van der Waals surface area contributed by atoms with Crippen molar-refractivity contribution < 1.29 is 27.9 Å². The van der Waals surface area contributed by atoms with E-state index in [9.17, 15) is 27.9 Å². The summed E-state index contributed by atoms with van der Waals surface area (Å²) < 4.78 is 26.0. The minimum Gasteiger partial charge on any atom is -0.481 e. The minimum atomic E-state index is -4.14. The van der Waals surface area contributed by atoms with Gasteiger partial charge < -0.3 is 15.3 Å². The highest BCUT2D eigenvalue weighted by Crippen LogP contribution is 2.48. The topological polar surface area (TPSA) is 121 Å². The van der Waals surface area contributed by atoms with Crippen molar-refractivity contribution in [3.63, 3.8) is 0 Å². The summed E-state index contributed by atoms with van der Waals surface area (Å²) >= 11 is 0. The third-order valence-corrected chi connectivity index (χ3v) is 7.54. The summed E-state index contributed by atoms with van der Waals surface area (Å²) in [5.74, 6) is -2.70. The molecule has 9 heteroatoms. The number of rotatable bonds is 4. The molecule has 1 aromatic carbocycles. The lowest BCUT2D eigenvalue weighted by Gasteiger charge is -2.55. The molecule has 2 amide bonds. The van der Waals surface area contributed by atoms with Gasteiger partial charge in [-0.2, -0.15) is 0 Å². The van der Waals surface area contributed by atoms with Crippen LogP contribution in [0.15, 0.2) is 24.3 Å². The number of benzene rings is 1. The van der Waals surface area contributed by atoms with Gasteiger partial charge in [0.15, 0.2) is 20.6 Å². The van der Waals surface area contributed by atoms with Gasteiger partial charge in [0, 0.05) is 6.54 Å². The first kappa shape index (κ1) is 17.4. The maximum atomic E-state index is 13.0. The number of nitrogens with zero attached hydrogens (tertiary/aromatic N) is 1. The lowest BCUT2D eigenvalue weighted by molar-refractivity contribution is -0.159. The summed E-state index contributed by atoms with van der Waals surface area (Å²) in [6.45, 7) is 2.81. The zero-order valence-electron chi connectivity index (χ0n) is 13.7. The predicted molar refractivity (Wildman–Crippen MR) is 87.1 cm³/mol. The Morgan fingerprint density at radius 1 is 1.36 bits per heavy atom. The van der Waals surface area contributed by atoms with E-state index in [4.69, 9.17) is 0 Å². The van der Waals surface area contributed by atoms with E-state index in [0.717, 1.165) is 10.5 Å². The van der Waals surface area contributed by atoms with Crippen molar-refractivity contribution in [3.8, 4) is 0 Å². The smallest absolute Gasteiger partial charge is 0.314 e. The van der Waals surface area contributed by atoms with Crippen LogP contribution >= 0.6 is 0 Å². The number of carbonyl (C=O) groups excluding carboxylic acids is 2. The lowest BCUT2D eigenvalue weighted by atomic mass is 9.83. The number of amides is 2. The van der Waals surface area contributed by atoms with Crippen LogP contribution in [0.2, 0.25) is 0 Å². The van der Waals surface area contributed by atoms with Crippen molar-refractivity contribution in [2.75, 3.05) is 6.54 Å². The molecular weight excluding hydrogens is 348 g/mol. The molecule has 1 aromatic rings. The first-order valence-electron chi connectivity index (χ1n) is 7.67. The molecule has 25 heavy (non-hydrogen) atoms. The molecule has 0 bridgehead atoms. The second kappa shape index (κ2) is 5.55. The van der Waals surface area contributed by atoms with E-state index in [-0.39, 0.29) is 13.0 Å². The van der Waals surface area contributed by atoms with Gasteiger partial charge in [0.25, 0.3) is 0 Å². The van der Waals surface area contributed by atoms with Gasteiger partial charge in [0.2, 0.25) is 12.3 Å². The van der Waals surface area contributed by atoms with Gasteiger partial charge in [-0.15, -0.1) is 0 Å². The highest BCUT2D eigenvalue weighted by Gasteiger charge is 2.67. The number of carboxylic acid groups (broad SMARTS) is 1. The van der Waals surface area contributed by atoms with Crippen LogP contribution in [0.1, 0.15) is 24.0 Å². The molecule has 2 fully saturated rings. The van der Waals surface area contributed by atoms with E-state index in [1.54, 1.807) is 24.3 Å². The standard InChI is InChI=1S/C16H18N2O6S/c1-9-3-5-10(6-4-9)11-12(20)18-7-16(2,15(21)22)14(17-8-19)25(23,24)13(11)18/h3-6,8,11,13-14H,7H2,1-2H3,(H,17,19)(H,21,22)/t11?,13-,14?,16?/m1/s1. The largest absolute Gasteiger partial charge is 0.481 e. The Labute approximate surface area is 144 Å². The third-order valence-electron chi connectivity index (χ3n) is 5.03. The Bertz CT molecular complexity index is 850. The molecule has 3 rings (SSSR count). The number of β-lactam (4-membered cyclic amide) rings is 1. The number of aryl methyl sites for hydroxylation is 1. The Morgan fingerprint density at radius 2 is 1.96 bits per heavy atom. The second-order valence-electron chi connectivity index (χ2n) is 6.72. The number of carboxylic acids is 1. The zero-order chi connectivity index (χ0) is 18.6. The quantitative estimate of drug-likeness (QED) is 0.564. The molecule has 2 aliphatic heterocycles. The van der Waals surface area contributed by atoms with E-state index < -0.39 is 43.8 Å². The van der Waals surface area contributed by atoms with Crippen LogP contribution in [-0.4, -0.2) is 54.0 Å². The summed E-state index contributed by atoms with van der Waals surface area (Å²) in [7, 11) is -4.14. The average Bonchev–Trinajstić information content (AvgIpc) is 2.54. The number of sulfone groups is 1. The molecule has 3 unspecified atom stereocenters. The summed E-state index contributed by atoms with van der Waals surface area (Å²) in [6, 6.07) is 6.95. The molecule has 0 spiro atoms. The van der Waals surface area contributed by atoms with Crippen LogP contribution in [0.5, 0.6) is 0 Å². The van der Waals surface area contributed by atoms with Gasteiger partial charge in [-0.1, -0.05) is 29.8 Å². The highest BCUT2D eigenvalue weighted by atomic mass is 32.2. The summed E-state index contributed by atoms with van der Waals surface area (Å²) in [5.41, 5.74) is -0.286. The predicted octanol–water partition coefficient (Wildman–Crippen LogP) is -0.162. The molecule has 2 N–H and O–H groups in total. The van der Waals surface area contributed by atoms with Gasteiger partial charge in [0.05, 0.1) is 5.92 Å². The summed E-state index contributed by atoms with van der Waals surface area (Å²) in [5, 5.41) is 8.86. The molecule has 0 radical (unpaired) electrons. The average molecular weight is 366 g/mol. The number of hydrogen-bond acceptors (Lipinski definition) is 5. The Kier molecular flexibility index (Phi) is 3.86. The van der Waals surface area contributed by atoms with Crippen LogP contribution in [-0.2, 0) is 24.2 Å². The van der Waals surface area contributed by atoms with E-state index in [1.807, 2.05) is 6.92 Å². The molecular formula is C16H18N2O6S. The number of fused-ring (bicyclic) bond motifs is 1. The maximum Gasteiger partial charge on any atom is 0.314 e. The Balaban J connectivity index is 2.06. The zero-order valence-corrected chi connectivity index (χ0v) is 14.5. The van der Waals surface area contributed by atoms with Crippen LogP contribution in [0, 0.1) is 12.3 Å². The summed E-state index contributed by atoms with van der Waals surface area (Å²) in [6.07, 6.45) is 0.181. The minimum absolute atomic E-state index is 0.181. The number of carbonyl (C=O) groups is 3. The normalized spacial score (nSPS) is 33.1. The molecule has 2 heterocycles. The van der Waals surface area contributed by atoms with Crippen molar-refractivity contribution in [1.82, 2.24) is 10.2 Å². The molecule has 2 saturated heterocycles. The molecule has 0 saturated carbocycles. The fourth-order valence-electron chi connectivity index (χ4n) is 3.60. The molecule has 4 atom stereocenters. The van der Waals surface area contributed by atoms with Gasteiger partial charge in [-0.25, -0.2) is 8.42 Å². The molecule has 0 aliphatic carbocycles. The molecule has 8 nitrogen and oxygen atoms in total. The van der Waals surface area contributed by atoms with E-state index in [1.165, 1.54) is 6.92 Å². The first-order valence-corrected chi connectivity index (χ1v) is 9.28. The molecule has 0 aromatic heterocycles. The van der Waals surface area contributed by atoms with E-state index in [0.29, 0.717) is 5.56 Å². The van der Waals surface area contributed by atoms with E-state index in [2.05, 4.69) is 5.32 Å². The SMILES string of the molecule is Cc1ccc(C2C(=O)N3CC(C)(C(=O)O)C(NC=O)S(=O)(=O)[C@H]23)cc1. The number of nitrogens with one attached hydrogen (secondary N) is 1. The monoisotopic (exact) mass is 366 g/mol. The van der Waals surface area contributed by atoms with Crippen LogP contribution in [0.3, 0.4) is 0 Å². The fourth-order valence-corrected chi connectivity index (χ4v) is 6.21. The van der Waals surface area contributed by atoms with Gasteiger partial charge in [-0.3, -0.25) is 14.4 Å². The van der Waals surface area contributed by atoms with E-state index >= 15 is 0 Å². The molecule has 134 valence electrons. The highest BCUT2D eigenvalue weighted by molar-refractivity contribution is 7.92. The molecule has 2 aliphatic rings. The Hall–Kier alpha value is -2.42. The second-order valence-corrected chi connectivity index (χ2v) is 8.85.